The summed E-state index contributed by atoms with van der Waals surface area (Å²) < 4.78 is 5.62. The summed E-state index contributed by atoms with van der Waals surface area (Å²) in [7, 11) is 0. The van der Waals surface area contributed by atoms with Crippen LogP contribution in [-0.4, -0.2) is 24.7 Å². The van der Waals surface area contributed by atoms with E-state index in [0.29, 0.717) is 0 Å². The molecule has 1 aliphatic heterocycles. The molecule has 1 atom stereocenters. The van der Waals surface area contributed by atoms with E-state index in [0.717, 1.165) is 37.8 Å². The molecule has 0 amide bonds. The van der Waals surface area contributed by atoms with Crippen LogP contribution in [0.4, 0.5) is 0 Å². The zero-order valence-electron chi connectivity index (χ0n) is 11.8. The predicted octanol–water partition coefficient (Wildman–Crippen LogP) is 3.03. The number of nitrogens with one attached hydrogen (secondary N) is 2. The van der Waals surface area contributed by atoms with E-state index in [2.05, 4.69) is 29.4 Å². The molecule has 2 heterocycles. The molecule has 1 unspecified atom stereocenters. The summed E-state index contributed by atoms with van der Waals surface area (Å²) in [6.45, 7) is 7.24. The highest BCUT2D eigenvalue weighted by molar-refractivity contribution is 5.86. The van der Waals surface area contributed by atoms with Crippen LogP contribution in [0.1, 0.15) is 24.6 Å². The number of aromatic nitrogens is 1. The number of hydrogen-bond donors (Lipinski definition) is 2. The van der Waals surface area contributed by atoms with E-state index in [4.69, 9.17) is 4.74 Å². The molecule has 1 aromatic heterocycles. The summed E-state index contributed by atoms with van der Waals surface area (Å²) in [5.74, 6) is 1.74. The van der Waals surface area contributed by atoms with E-state index in [1.54, 1.807) is 0 Å². The largest absolute Gasteiger partial charge is 0.494 e. The number of aryl methyl sites for hydroxylation is 1. The lowest BCUT2D eigenvalue weighted by Crippen LogP contribution is -2.11. The van der Waals surface area contributed by atoms with Crippen molar-refractivity contribution in [2.24, 2.45) is 5.92 Å². The summed E-state index contributed by atoms with van der Waals surface area (Å²) in [5, 5.41) is 4.78. The molecule has 3 rings (SSSR count). The quantitative estimate of drug-likeness (QED) is 0.884. The van der Waals surface area contributed by atoms with Gasteiger partial charge in [0.1, 0.15) is 5.75 Å². The topological polar surface area (TPSA) is 37.0 Å². The van der Waals surface area contributed by atoms with E-state index >= 15 is 0 Å². The molecule has 2 N–H and O–H groups in total. The van der Waals surface area contributed by atoms with E-state index in [9.17, 15) is 0 Å². The number of rotatable bonds is 4. The van der Waals surface area contributed by atoms with Gasteiger partial charge in [-0.25, -0.2) is 0 Å². The normalized spacial score (nSPS) is 19.2. The average Bonchev–Trinajstić information content (AvgIpc) is 3.00. The van der Waals surface area contributed by atoms with Crippen LogP contribution in [0.15, 0.2) is 18.2 Å². The standard InChI is InChI=1S/C16H22N2O/c1-3-19-13-4-5-16-15(9-13)14(11(2)18-16)8-12-6-7-17-10-12/h4-5,9,12,17-18H,3,6-8,10H2,1-2H3. The fourth-order valence-corrected chi connectivity index (χ4v) is 3.06. The number of aromatic amines is 1. The van der Waals surface area contributed by atoms with E-state index in [-0.39, 0.29) is 0 Å². The monoisotopic (exact) mass is 258 g/mol. The third-order valence-corrected chi connectivity index (χ3v) is 4.06. The van der Waals surface area contributed by atoms with Gasteiger partial charge in [0.2, 0.25) is 0 Å². The second-order valence-electron chi connectivity index (χ2n) is 5.43. The van der Waals surface area contributed by atoms with Gasteiger partial charge in [0.15, 0.2) is 0 Å². The van der Waals surface area contributed by atoms with Gasteiger partial charge in [0.25, 0.3) is 0 Å². The van der Waals surface area contributed by atoms with E-state index < -0.39 is 0 Å². The highest BCUT2D eigenvalue weighted by atomic mass is 16.5. The van der Waals surface area contributed by atoms with Crippen molar-refractivity contribution in [3.8, 4) is 5.75 Å². The van der Waals surface area contributed by atoms with Gasteiger partial charge in [-0.15, -0.1) is 0 Å². The van der Waals surface area contributed by atoms with Crippen molar-refractivity contribution in [3.63, 3.8) is 0 Å². The second kappa shape index (κ2) is 5.25. The van der Waals surface area contributed by atoms with Gasteiger partial charge in [-0.3, -0.25) is 0 Å². The van der Waals surface area contributed by atoms with Gasteiger partial charge in [-0.05, 0) is 69.5 Å². The zero-order valence-corrected chi connectivity index (χ0v) is 11.8. The number of H-pyrrole nitrogens is 1. The molecular formula is C16H22N2O. The maximum absolute atomic E-state index is 5.62. The molecular weight excluding hydrogens is 236 g/mol. The fraction of sp³-hybridized carbons (Fsp3) is 0.500. The summed E-state index contributed by atoms with van der Waals surface area (Å²) >= 11 is 0. The van der Waals surface area contributed by atoms with Crippen molar-refractivity contribution in [2.75, 3.05) is 19.7 Å². The SMILES string of the molecule is CCOc1ccc2[nH]c(C)c(CC3CCNC3)c2c1. The lowest BCUT2D eigenvalue weighted by molar-refractivity contribution is 0.340. The molecule has 19 heavy (non-hydrogen) atoms. The van der Waals surface area contributed by atoms with E-state index in [1.807, 2.05) is 13.0 Å². The molecule has 0 spiro atoms. The van der Waals surface area contributed by atoms with Crippen LogP contribution in [0.3, 0.4) is 0 Å². The first kappa shape index (κ1) is 12.5. The molecule has 0 aliphatic carbocycles. The third kappa shape index (κ3) is 2.47. The van der Waals surface area contributed by atoms with E-state index in [1.165, 1.54) is 28.6 Å². The highest BCUT2D eigenvalue weighted by Crippen LogP contribution is 2.29. The predicted molar refractivity (Wildman–Crippen MR) is 78.9 cm³/mol. The van der Waals surface area contributed by atoms with Crippen LogP contribution in [-0.2, 0) is 6.42 Å². The Balaban J connectivity index is 1.95. The molecule has 0 radical (unpaired) electrons. The highest BCUT2D eigenvalue weighted by Gasteiger charge is 2.18. The van der Waals surface area contributed by atoms with Crippen molar-refractivity contribution in [3.05, 3.63) is 29.5 Å². The molecule has 1 fully saturated rings. The van der Waals surface area contributed by atoms with Gasteiger partial charge in [-0.1, -0.05) is 0 Å². The van der Waals surface area contributed by atoms with Crippen molar-refractivity contribution < 1.29 is 4.74 Å². The molecule has 0 saturated carbocycles. The first-order valence-electron chi connectivity index (χ1n) is 7.22. The number of fused-ring (bicyclic) bond motifs is 1. The van der Waals surface area contributed by atoms with Crippen LogP contribution < -0.4 is 10.1 Å². The maximum atomic E-state index is 5.62. The lowest BCUT2D eigenvalue weighted by atomic mass is 9.96. The minimum atomic E-state index is 0.719. The Labute approximate surface area is 114 Å². The van der Waals surface area contributed by atoms with Gasteiger partial charge in [0, 0.05) is 16.6 Å². The first-order chi connectivity index (χ1) is 9.28. The van der Waals surface area contributed by atoms with Crippen molar-refractivity contribution in [2.45, 2.75) is 26.7 Å². The molecule has 102 valence electrons. The van der Waals surface area contributed by atoms with Crippen LogP contribution in [0.25, 0.3) is 10.9 Å². The smallest absolute Gasteiger partial charge is 0.120 e. The second-order valence-corrected chi connectivity index (χ2v) is 5.43. The molecule has 3 heteroatoms. The van der Waals surface area contributed by atoms with Crippen LogP contribution in [0, 0.1) is 12.8 Å². The maximum Gasteiger partial charge on any atom is 0.120 e. The van der Waals surface area contributed by atoms with Gasteiger partial charge in [-0.2, -0.15) is 0 Å². The number of benzene rings is 1. The summed E-state index contributed by atoms with van der Waals surface area (Å²) in [4.78, 5) is 3.49. The van der Waals surface area contributed by atoms with Crippen molar-refractivity contribution in [1.82, 2.24) is 10.3 Å². The average molecular weight is 258 g/mol. The Morgan fingerprint density at radius 3 is 3.00 bits per heavy atom. The number of ether oxygens (including phenoxy) is 1. The summed E-state index contributed by atoms with van der Waals surface area (Å²) in [6.07, 6.45) is 2.45. The molecule has 1 saturated heterocycles. The first-order valence-corrected chi connectivity index (χ1v) is 7.22. The van der Waals surface area contributed by atoms with Gasteiger partial charge < -0.3 is 15.0 Å². The zero-order chi connectivity index (χ0) is 13.2. The lowest BCUT2D eigenvalue weighted by Gasteiger charge is -2.09. The Hall–Kier alpha value is -1.48. The van der Waals surface area contributed by atoms with Gasteiger partial charge >= 0.3 is 0 Å². The van der Waals surface area contributed by atoms with Gasteiger partial charge in [0.05, 0.1) is 6.61 Å². The van der Waals surface area contributed by atoms with Crippen LogP contribution in [0.5, 0.6) is 5.75 Å². The minimum Gasteiger partial charge on any atom is -0.494 e. The Morgan fingerprint density at radius 1 is 1.37 bits per heavy atom. The number of hydrogen-bond acceptors (Lipinski definition) is 2. The molecule has 1 aliphatic rings. The molecule has 0 bridgehead atoms. The molecule has 3 nitrogen and oxygen atoms in total. The Morgan fingerprint density at radius 2 is 2.26 bits per heavy atom. The van der Waals surface area contributed by atoms with Crippen molar-refractivity contribution >= 4 is 10.9 Å². The molecule has 2 aromatic rings. The Bertz CT molecular complexity index is 567. The third-order valence-electron chi connectivity index (χ3n) is 4.06. The minimum absolute atomic E-state index is 0.719. The Kier molecular flexibility index (Phi) is 3.47. The fourth-order valence-electron chi connectivity index (χ4n) is 3.06. The van der Waals surface area contributed by atoms with Crippen LogP contribution in [0.2, 0.25) is 0 Å². The molecule has 1 aromatic carbocycles. The van der Waals surface area contributed by atoms with Crippen LogP contribution >= 0.6 is 0 Å². The summed E-state index contributed by atoms with van der Waals surface area (Å²) in [5.41, 5.74) is 3.99. The van der Waals surface area contributed by atoms with Crippen molar-refractivity contribution in [1.29, 1.82) is 0 Å². The summed E-state index contributed by atoms with van der Waals surface area (Å²) in [6, 6.07) is 6.35.